The summed E-state index contributed by atoms with van der Waals surface area (Å²) in [5, 5.41) is 9.11. The average Bonchev–Trinajstić information content (AvgIpc) is 1.85. The monoisotopic (exact) mass is 153 g/mol. The molecule has 11 heavy (non-hydrogen) atoms. The normalized spacial score (nSPS) is 9.64. The maximum Gasteiger partial charge on any atom is 0.151 e. The van der Waals surface area contributed by atoms with Crippen molar-refractivity contribution >= 4 is 0 Å². The molecule has 0 atom stereocenters. The van der Waals surface area contributed by atoms with Gasteiger partial charge in [-0.15, -0.1) is 0 Å². The summed E-state index contributed by atoms with van der Waals surface area (Å²) in [5.41, 5.74) is 3.50. The number of hydroxylamine groups is 1. The molecule has 0 bridgehead atoms. The van der Waals surface area contributed by atoms with E-state index in [9.17, 15) is 0 Å². The summed E-state index contributed by atoms with van der Waals surface area (Å²) >= 11 is 0. The molecule has 0 radical (unpaired) electrons. The van der Waals surface area contributed by atoms with Crippen molar-refractivity contribution in [2.24, 2.45) is 0 Å². The number of aryl methyl sites for hydroxylation is 1. The Morgan fingerprint density at radius 2 is 2.09 bits per heavy atom. The zero-order valence-electron chi connectivity index (χ0n) is 6.59. The van der Waals surface area contributed by atoms with Crippen LogP contribution >= 0.6 is 0 Å². The first kappa shape index (κ1) is 7.88. The number of phenolic OH excluding ortho intramolecular Hbond substituents is 1. The molecule has 0 aliphatic rings. The number of rotatable bonds is 2. The Balaban J connectivity index is 2.89. The lowest BCUT2D eigenvalue weighted by molar-refractivity contribution is 0.223. The van der Waals surface area contributed by atoms with Crippen molar-refractivity contribution in [3.8, 4) is 11.5 Å². The van der Waals surface area contributed by atoms with Crippen LogP contribution in [0.15, 0.2) is 18.2 Å². The van der Waals surface area contributed by atoms with Gasteiger partial charge in [0.25, 0.3) is 0 Å². The van der Waals surface area contributed by atoms with Crippen LogP contribution in [0.25, 0.3) is 0 Å². The Hall–Kier alpha value is -1.22. The Kier molecular flexibility index (Phi) is 2.33. The lowest BCUT2D eigenvalue weighted by Gasteiger charge is -2.03. The van der Waals surface area contributed by atoms with Crippen molar-refractivity contribution in [1.29, 1.82) is 0 Å². The largest absolute Gasteiger partial charge is 0.508 e. The van der Waals surface area contributed by atoms with Crippen molar-refractivity contribution in [1.82, 2.24) is 5.48 Å². The summed E-state index contributed by atoms with van der Waals surface area (Å²) in [5.74, 6) is 0.834. The van der Waals surface area contributed by atoms with Crippen LogP contribution < -0.4 is 10.3 Å². The van der Waals surface area contributed by atoms with Gasteiger partial charge in [0.1, 0.15) is 5.75 Å². The summed E-state index contributed by atoms with van der Waals surface area (Å²) in [7, 11) is 1.67. The number of benzene rings is 1. The molecular formula is C8H11NO2. The van der Waals surface area contributed by atoms with E-state index in [1.807, 2.05) is 13.0 Å². The molecule has 1 aromatic rings. The molecule has 60 valence electrons. The highest BCUT2D eigenvalue weighted by Gasteiger charge is 1.96. The van der Waals surface area contributed by atoms with Crippen LogP contribution in [0.5, 0.6) is 11.5 Å². The highest BCUT2D eigenvalue weighted by Crippen LogP contribution is 2.20. The average molecular weight is 153 g/mol. The summed E-state index contributed by atoms with van der Waals surface area (Å²) in [6.07, 6.45) is 0. The van der Waals surface area contributed by atoms with E-state index in [-0.39, 0.29) is 5.75 Å². The lowest BCUT2D eigenvalue weighted by Crippen LogP contribution is -2.10. The molecule has 1 aromatic carbocycles. The molecule has 0 saturated carbocycles. The van der Waals surface area contributed by atoms with Crippen LogP contribution in [-0.2, 0) is 0 Å². The third-order valence-electron chi connectivity index (χ3n) is 1.26. The van der Waals surface area contributed by atoms with E-state index in [1.165, 1.54) is 0 Å². The minimum absolute atomic E-state index is 0.218. The van der Waals surface area contributed by atoms with E-state index >= 15 is 0 Å². The van der Waals surface area contributed by atoms with E-state index < -0.39 is 0 Å². The van der Waals surface area contributed by atoms with Crippen molar-refractivity contribution in [3.63, 3.8) is 0 Å². The third-order valence-corrected chi connectivity index (χ3v) is 1.26. The van der Waals surface area contributed by atoms with Gasteiger partial charge in [-0.3, -0.25) is 0 Å². The zero-order valence-corrected chi connectivity index (χ0v) is 6.59. The summed E-state index contributed by atoms with van der Waals surface area (Å²) in [4.78, 5) is 4.96. The predicted molar refractivity (Wildman–Crippen MR) is 42.5 cm³/mol. The Morgan fingerprint density at radius 3 is 2.64 bits per heavy atom. The molecule has 3 nitrogen and oxygen atoms in total. The van der Waals surface area contributed by atoms with Gasteiger partial charge in [0, 0.05) is 13.1 Å². The van der Waals surface area contributed by atoms with Crippen LogP contribution in [0.3, 0.4) is 0 Å². The van der Waals surface area contributed by atoms with E-state index in [2.05, 4.69) is 5.48 Å². The molecule has 0 aliphatic carbocycles. The molecule has 0 aliphatic heterocycles. The molecular weight excluding hydrogens is 142 g/mol. The standard InChI is InChI=1S/C8H11NO2/c1-6-3-7(10)5-8(4-6)11-9-2/h3-5,9-10H,1-2H3. The van der Waals surface area contributed by atoms with Crippen LogP contribution in [0.2, 0.25) is 0 Å². The van der Waals surface area contributed by atoms with Crippen LogP contribution in [0.4, 0.5) is 0 Å². The first-order valence-corrected chi connectivity index (χ1v) is 3.36. The fourth-order valence-corrected chi connectivity index (χ4v) is 0.905. The predicted octanol–water partition coefficient (Wildman–Crippen LogP) is 1.21. The summed E-state index contributed by atoms with van der Waals surface area (Å²) < 4.78 is 0. The van der Waals surface area contributed by atoms with Gasteiger partial charge in [-0.05, 0) is 24.6 Å². The number of phenols is 1. The van der Waals surface area contributed by atoms with Crippen LogP contribution in [0.1, 0.15) is 5.56 Å². The summed E-state index contributed by atoms with van der Waals surface area (Å²) in [6, 6.07) is 5.04. The maximum atomic E-state index is 9.11. The highest BCUT2D eigenvalue weighted by atomic mass is 16.6. The molecule has 0 amide bonds. The smallest absolute Gasteiger partial charge is 0.151 e. The third kappa shape index (κ3) is 2.13. The van der Waals surface area contributed by atoms with Crippen LogP contribution in [0, 0.1) is 6.92 Å². The van der Waals surface area contributed by atoms with Gasteiger partial charge in [0.2, 0.25) is 0 Å². The maximum absolute atomic E-state index is 9.11. The second-order valence-electron chi connectivity index (χ2n) is 2.31. The molecule has 3 heteroatoms. The number of nitrogens with one attached hydrogen (secondary N) is 1. The first-order chi connectivity index (χ1) is 5.22. The number of aromatic hydroxyl groups is 1. The number of hydrogen-bond donors (Lipinski definition) is 2. The van der Waals surface area contributed by atoms with E-state index in [0.717, 1.165) is 5.56 Å². The van der Waals surface area contributed by atoms with Gasteiger partial charge in [-0.2, -0.15) is 5.48 Å². The lowest BCUT2D eigenvalue weighted by atomic mass is 10.2. The number of hydrogen-bond acceptors (Lipinski definition) is 3. The van der Waals surface area contributed by atoms with Gasteiger partial charge < -0.3 is 9.94 Å². The van der Waals surface area contributed by atoms with Gasteiger partial charge in [-0.25, -0.2) is 0 Å². The minimum Gasteiger partial charge on any atom is -0.508 e. The SMILES string of the molecule is CNOc1cc(C)cc(O)c1. The molecule has 0 aromatic heterocycles. The Bertz CT molecular complexity index is 228. The quantitative estimate of drug-likeness (QED) is 0.627. The van der Waals surface area contributed by atoms with Crippen molar-refractivity contribution in [3.05, 3.63) is 23.8 Å². The van der Waals surface area contributed by atoms with Gasteiger partial charge in [-0.1, -0.05) is 0 Å². The van der Waals surface area contributed by atoms with Gasteiger partial charge >= 0.3 is 0 Å². The highest BCUT2D eigenvalue weighted by molar-refractivity contribution is 5.36. The van der Waals surface area contributed by atoms with E-state index in [4.69, 9.17) is 9.94 Å². The molecule has 0 spiro atoms. The second-order valence-corrected chi connectivity index (χ2v) is 2.31. The molecule has 0 saturated heterocycles. The Labute approximate surface area is 65.6 Å². The molecule has 1 rings (SSSR count). The topological polar surface area (TPSA) is 41.5 Å². The molecule has 0 heterocycles. The summed E-state index contributed by atoms with van der Waals surface area (Å²) in [6.45, 7) is 1.89. The van der Waals surface area contributed by atoms with Crippen LogP contribution in [-0.4, -0.2) is 12.2 Å². The molecule has 2 N–H and O–H groups in total. The Morgan fingerprint density at radius 1 is 1.36 bits per heavy atom. The second kappa shape index (κ2) is 3.25. The fraction of sp³-hybridized carbons (Fsp3) is 0.250. The molecule has 0 unspecified atom stereocenters. The zero-order chi connectivity index (χ0) is 8.27. The minimum atomic E-state index is 0.218. The van der Waals surface area contributed by atoms with E-state index in [0.29, 0.717) is 5.75 Å². The van der Waals surface area contributed by atoms with Gasteiger partial charge in [0.15, 0.2) is 5.75 Å². The van der Waals surface area contributed by atoms with Crippen molar-refractivity contribution in [2.75, 3.05) is 7.05 Å². The van der Waals surface area contributed by atoms with Crippen molar-refractivity contribution in [2.45, 2.75) is 6.92 Å². The van der Waals surface area contributed by atoms with Crippen molar-refractivity contribution < 1.29 is 9.94 Å². The first-order valence-electron chi connectivity index (χ1n) is 3.36. The fourth-order valence-electron chi connectivity index (χ4n) is 0.905. The molecule has 0 fully saturated rings. The van der Waals surface area contributed by atoms with E-state index in [1.54, 1.807) is 19.2 Å². The van der Waals surface area contributed by atoms with Gasteiger partial charge in [0.05, 0.1) is 0 Å².